The highest BCUT2D eigenvalue weighted by atomic mass is 19.2. The lowest BCUT2D eigenvalue weighted by molar-refractivity contribution is 0.267. The van der Waals surface area contributed by atoms with Gasteiger partial charge in [-0.2, -0.15) is 10.1 Å². The molecule has 4 aromatic heterocycles. The molecule has 0 bridgehead atoms. The fraction of sp³-hybridized carbons (Fsp3) is 0.200. The molecule has 0 radical (unpaired) electrons. The lowest BCUT2D eigenvalue weighted by Crippen LogP contribution is -2.05. The van der Waals surface area contributed by atoms with Gasteiger partial charge in [-0.1, -0.05) is 0 Å². The van der Waals surface area contributed by atoms with Crippen LogP contribution in [0.3, 0.4) is 0 Å². The Kier molecular flexibility index (Phi) is 3.45. The van der Waals surface area contributed by atoms with Crippen LogP contribution in [0.4, 0.5) is 20.5 Å². The predicted molar refractivity (Wildman–Crippen MR) is 88.8 cm³/mol. The molecule has 1 unspecified atom stereocenters. The van der Waals surface area contributed by atoms with E-state index in [0.29, 0.717) is 17.0 Å². The first kappa shape index (κ1) is 15.2. The quantitative estimate of drug-likeness (QED) is 0.588. The summed E-state index contributed by atoms with van der Waals surface area (Å²) in [5.74, 6) is 0.665. The van der Waals surface area contributed by atoms with Gasteiger partial charge in [0.05, 0.1) is 17.5 Å². The first-order valence-electron chi connectivity index (χ1n) is 7.49. The molecule has 0 aliphatic rings. The molecule has 0 aliphatic carbocycles. The highest BCUT2D eigenvalue weighted by Gasteiger charge is 2.19. The molecule has 4 aromatic rings. The second kappa shape index (κ2) is 5.65. The Morgan fingerprint density at radius 3 is 2.80 bits per heavy atom. The number of nitrogens with two attached hydrogens (primary N) is 1. The van der Waals surface area contributed by atoms with E-state index in [1.165, 1.54) is 10.7 Å². The molecule has 3 N–H and O–H groups in total. The summed E-state index contributed by atoms with van der Waals surface area (Å²) in [6, 6.07) is 3.54. The summed E-state index contributed by atoms with van der Waals surface area (Å²) < 4.78 is 29.5. The lowest BCUT2D eigenvalue weighted by atomic mass is 10.2. The zero-order valence-corrected chi connectivity index (χ0v) is 13.2. The predicted octanol–water partition coefficient (Wildman–Crippen LogP) is 2.04. The van der Waals surface area contributed by atoms with Crippen LogP contribution >= 0.6 is 0 Å². The summed E-state index contributed by atoms with van der Waals surface area (Å²) in [5, 5.41) is 11.1. The number of nitrogens with one attached hydrogen (secondary N) is 1. The van der Waals surface area contributed by atoms with E-state index in [1.807, 2.05) is 0 Å². The van der Waals surface area contributed by atoms with Gasteiger partial charge in [0.25, 0.3) is 0 Å². The van der Waals surface area contributed by atoms with Gasteiger partial charge in [-0.15, -0.1) is 5.10 Å². The second-order valence-electron chi connectivity index (χ2n) is 5.39. The normalized spacial score (nSPS) is 12.8. The Labute approximate surface area is 140 Å². The minimum atomic E-state index is -1.76. The molecule has 10 heteroatoms. The third-order valence-electron chi connectivity index (χ3n) is 3.91. The lowest BCUT2D eigenvalue weighted by Gasteiger charge is -2.07. The SMILES string of the molecule is CNc1nc(N)nn2ccc(-c3ccn4ncc(C(F)CF)c4n3)c12. The summed E-state index contributed by atoms with van der Waals surface area (Å²) in [6.45, 7) is -1.13. The molecule has 0 fully saturated rings. The molecule has 25 heavy (non-hydrogen) atoms. The monoisotopic (exact) mass is 344 g/mol. The van der Waals surface area contributed by atoms with Gasteiger partial charge >= 0.3 is 0 Å². The number of nitrogen functional groups attached to an aromatic ring is 1. The van der Waals surface area contributed by atoms with Crippen molar-refractivity contribution in [2.24, 2.45) is 0 Å². The van der Waals surface area contributed by atoms with E-state index in [-0.39, 0.29) is 17.2 Å². The average molecular weight is 344 g/mol. The van der Waals surface area contributed by atoms with Gasteiger partial charge in [0.1, 0.15) is 12.2 Å². The molecule has 0 aromatic carbocycles. The van der Waals surface area contributed by atoms with Crippen molar-refractivity contribution < 1.29 is 8.78 Å². The Balaban J connectivity index is 1.94. The average Bonchev–Trinajstić information content (AvgIpc) is 3.23. The number of rotatable bonds is 4. The van der Waals surface area contributed by atoms with Gasteiger partial charge in [-0.3, -0.25) is 0 Å². The third kappa shape index (κ3) is 2.33. The number of hydrogen-bond acceptors (Lipinski definition) is 6. The highest BCUT2D eigenvalue weighted by Crippen LogP contribution is 2.30. The van der Waals surface area contributed by atoms with Crippen molar-refractivity contribution in [3.63, 3.8) is 0 Å². The summed E-state index contributed by atoms with van der Waals surface area (Å²) in [5.41, 5.74) is 8.04. The summed E-state index contributed by atoms with van der Waals surface area (Å²) in [4.78, 5) is 8.63. The van der Waals surface area contributed by atoms with Crippen molar-refractivity contribution in [1.82, 2.24) is 29.2 Å². The zero-order valence-electron chi connectivity index (χ0n) is 13.2. The number of fused-ring (bicyclic) bond motifs is 2. The van der Waals surface area contributed by atoms with Crippen LogP contribution < -0.4 is 11.1 Å². The smallest absolute Gasteiger partial charge is 0.240 e. The minimum absolute atomic E-state index is 0.113. The third-order valence-corrected chi connectivity index (χ3v) is 3.91. The van der Waals surface area contributed by atoms with Gasteiger partial charge in [0.2, 0.25) is 5.95 Å². The fourth-order valence-electron chi connectivity index (χ4n) is 2.76. The van der Waals surface area contributed by atoms with Crippen LogP contribution in [0.5, 0.6) is 0 Å². The van der Waals surface area contributed by atoms with Gasteiger partial charge in [-0.05, 0) is 12.1 Å². The number of anilines is 2. The fourth-order valence-corrected chi connectivity index (χ4v) is 2.76. The van der Waals surface area contributed by atoms with E-state index in [4.69, 9.17) is 5.73 Å². The Morgan fingerprint density at radius 1 is 1.24 bits per heavy atom. The summed E-state index contributed by atoms with van der Waals surface area (Å²) >= 11 is 0. The molecule has 1 atom stereocenters. The van der Waals surface area contributed by atoms with Crippen LogP contribution in [0.1, 0.15) is 11.7 Å². The van der Waals surface area contributed by atoms with Crippen molar-refractivity contribution in [3.8, 4) is 11.3 Å². The summed E-state index contributed by atoms with van der Waals surface area (Å²) in [7, 11) is 1.72. The largest absolute Gasteiger partial charge is 0.371 e. The van der Waals surface area contributed by atoms with Crippen LogP contribution in [-0.2, 0) is 0 Å². The summed E-state index contributed by atoms with van der Waals surface area (Å²) in [6.07, 6.45) is 2.90. The molecule has 8 nitrogen and oxygen atoms in total. The number of hydrogen-bond donors (Lipinski definition) is 2. The molecule has 0 saturated heterocycles. The van der Waals surface area contributed by atoms with Gasteiger partial charge < -0.3 is 11.1 Å². The van der Waals surface area contributed by atoms with E-state index < -0.39 is 12.8 Å². The van der Waals surface area contributed by atoms with Crippen LogP contribution in [0.2, 0.25) is 0 Å². The molecule has 4 heterocycles. The van der Waals surface area contributed by atoms with Gasteiger partial charge in [0.15, 0.2) is 17.6 Å². The van der Waals surface area contributed by atoms with E-state index >= 15 is 0 Å². The highest BCUT2D eigenvalue weighted by molar-refractivity contribution is 5.87. The molecule has 0 spiro atoms. The molecule has 4 rings (SSSR count). The Hall–Kier alpha value is -3.30. The molecule has 0 aliphatic heterocycles. The van der Waals surface area contributed by atoms with Crippen molar-refractivity contribution in [2.45, 2.75) is 6.17 Å². The first-order valence-corrected chi connectivity index (χ1v) is 7.49. The Bertz CT molecular complexity index is 1070. The maximum absolute atomic E-state index is 13.8. The molecule has 0 amide bonds. The van der Waals surface area contributed by atoms with Crippen molar-refractivity contribution in [1.29, 1.82) is 0 Å². The van der Waals surface area contributed by atoms with Crippen molar-refractivity contribution in [3.05, 3.63) is 36.3 Å². The van der Waals surface area contributed by atoms with Gasteiger partial charge in [0, 0.05) is 25.0 Å². The number of halogens is 2. The van der Waals surface area contributed by atoms with Crippen LogP contribution in [0.25, 0.3) is 22.4 Å². The zero-order chi connectivity index (χ0) is 17.6. The van der Waals surface area contributed by atoms with Crippen LogP contribution in [0, 0.1) is 0 Å². The van der Waals surface area contributed by atoms with E-state index in [1.54, 1.807) is 36.1 Å². The van der Waals surface area contributed by atoms with Crippen LogP contribution in [0.15, 0.2) is 30.7 Å². The molecule has 128 valence electrons. The van der Waals surface area contributed by atoms with E-state index in [0.717, 1.165) is 5.56 Å². The second-order valence-corrected chi connectivity index (χ2v) is 5.39. The number of nitrogens with zero attached hydrogens (tertiary/aromatic N) is 6. The van der Waals surface area contributed by atoms with E-state index in [9.17, 15) is 8.78 Å². The molecule has 0 saturated carbocycles. The van der Waals surface area contributed by atoms with Crippen LogP contribution in [-0.4, -0.2) is 42.9 Å². The van der Waals surface area contributed by atoms with Crippen molar-refractivity contribution >= 4 is 22.9 Å². The topological polar surface area (TPSA) is 98.4 Å². The minimum Gasteiger partial charge on any atom is -0.371 e. The first-order chi connectivity index (χ1) is 12.1. The Morgan fingerprint density at radius 2 is 2.04 bits per heavy atom. The molecular weight excluding hydrogens is 330 g/mol. The standard InChI is InChI=1S/C15H14F2N8/c1-19-13-12-8(2-4-24(12)23-15(18)22-13)11-3-5-25-14(21-11)9(7-20-25)10(17)6-16/h2-5,7,10H,6H2,1H3,(H3,18,19,22,23). The van der Waals surface area contributed by atoms with Gasteiger partial charge in [-0.25, -0.2) is 22.8 Å². The number of alkyl halides is 2. The van der Waals surface area contributed by atoms with Crippen molar-refractivity contribution in [2.75, 3.05) is 24.8 Å². The van der Waals surface area contributed by atoms with E-state index in [2.05, 4.69) is 25.5 Å². The maximum Gasteiger partial charge on any atom is 0.240 e. The molecular formula is C15H14F2N8. The number of aromatic nitrogens is 6. The maximum atomic E-state index is 13.8.